The summed E-state index contributed by atoms with van der Waals surface area (Å²) < 4.78 is 5.41. The topological polar surface area (TPSA) is 52.3 Å². The van der Waals surface area contributed by atoms with E-state index < -0.39 is 0 Å². The van der Waals surface area contributed by atoms with Gasteiger partial charge in [0.1, 0.15) is 5.75 Å². The second-order valence-corrected chi connectivity index (χ2v) is 10.1. The highest BCUT2D eigenvalue weighted by Gasteiger charge is 2.41. The lowest BCUT2D eigenvalue weighted by Crippen LogP contribution is -2.17. The Bertz CT molecular complexity index is 1180. The Hall–Kier alpha value is -3.33. The summed E-state index contributed by atoms with van der Waals surface area (Å²) in [6, 6.07) is 19.0. The molecule has 3 aromatic carbocycles. The summed E-state index contributed by atoms with van der Waals surface area (Å²) in [4.78, 5) is 12.4. The maximum absolute atomic E-state index is 12.4. The number of fused-ring (bicyclic) bond motifs is 1. The number of anilines is 1. The Morgan fingerprint density at radius 2 is 1.47 bits per heavy atom. The Labute approximate surface area is 190 Å². The van der Waals surface area contributed by atoms with Gasteiger partial charge in [0, 0.05) is 5.69 Å². The monoisotopic (exact) mass is 425 g/mol. The predicted octanol–water partition coefficient (Wildman–Crippen LogP) is 6.93. The van der Waals surface area contributed by atoms with E-state index in [4.69, 9.17) is 10.5 Å². The summed E-state index contributed by atoms with van der Waals surface area (Å²) in [7, 11) is 0. The van der Waals surface area contributed by atoms with E-state index in [0.717, 1.165) is 12.0 Å². The molecule has 0 spiro atoms. The molecule has 0 saturated heterocycles. The summed E-state index contributed by atoms with van der Waals surface area (Å²) in [6.45, 7) is 11.5. The number of nitrogens with two attached hydrogens (primary N) is 1. The van der Waals surface area contributed by atoms with Crippen LogP contribution in [0.3, 0.4) is 0 Å². The molecule has 0 saturated carbocycles. The molecular formula is C29H31NO2. The lowest BCUT2D eigenvalue weighted by atomic mass is 9.82. The van der Waals surface area contributed by atoms with Crippen molar-refractivity contribution in [3.63, 3.8) is 0 Å². The third-order valence-electron chi connectivity index (χ3n) is 6.44. The second-order valence-electron chi connectivity index (χ2n) is 10.1. The van der Waals surface area contributed by atoms with Crippen molar-refractivity contribution in [2.45, 2.75) is 51.9 Å². The lowest BCUT2D eigenvalue weighted by molar-refractivity contribution is 0.0735. The fourth-order valence-corrected chi connectivity index (χ4v) is 4.94. The molecule has 0 unspecified atom stereocenters. The smallest absolute Gasteiger partial charge is 0.343 e. The molecule has 0 amide bonds. The van der Waals surface area contributed by atoms with Gasteiger partial charge in [-0.1, -0.05) is 64.1 Å². The second kappa shape index (κ2) is 7.98. The lowest BCUT2D eigenvalue weighted by Gasteiger charge is -2.22. The molecule has 32 heavy (non-hydrogen) atoms. The van der Waals surface area contributed by atoms with E-state index in [9.17, 15) is 4.79 Å². The predicted molar refractivity (Wildman–Crippen MR) is 133 cm³/mol. The fraction of sp³-hybridized carbons (Fsp3) is 0.276. The third kappa shape index (κ3) is 4.34. The van der Waals surface area contributed by atoms with Gasteiger partial charge in [-0.15, -0.1) is 0 Å². The minimum Gasteiger partial charge on any atom is -0.423 e. The van der Waals surface area contributed by atoms with Crippen LogP contribution in [0.15, 0.2) is 60.7 Å². The van der Waals surface area contributed by atoms with Crippen molar-refractivity contribution in [2.75, 3.05) is 5.73 Å². The Morgan fingerprint density at radius 3 is 2.09 bits per heavy atom. The molecule has 3 heteroatoms. The van der Waals surface area contributed by atoms with Crippen LogP contribution < -0.4 is 10.5 Å². The van der Waals surface area contributed by atoms with Crippen molar-refractivity contribution in [3.8, 4) is 5.75 Å². The number of ether oxygens (including phenoxy) is 1. The Morgan fingerprint density at radius 1 is 0.875 bits per heavy atom. The number of nitrogen functional groups attached to an aromatic ring is 1. The summed E-state index contributed by atoms with van der Waals surface area (Å²) in [6.07, 6.45) is 5.42. The van der Waals surface area contributed by atoms with Crippen LogP contribution in [0.4, 0.5) is 5.69 Å². The molecule has 1 aliphatic rings. The maximum atomic E-state index is 12.4. The number of carbonyl (C=O) groups excluding carboxylic acids is 1. The van der Waals surface area contributed by atoms with Crippen molar-refractivity contribution in [3.05, 3.63) is 94.0 Å². The van der Waals surface area contributed by atoms with E-state index >= 15 is 0 Å². The molecule has 1 aliphatic carbocycles. The molecule has 0 aromatic heterocycles. The molecule has 164 valence electrons. The first-order chi connectivity index (χ1) is 15.0. The largest absolute Gasteiger partial charge is 0.423 e. The third-order valence-corrected chi connectivity index (χ3v) is 6.44. The Balaban J connectivity index is 1.51. The minimum absolute atomic E-state index is 0.182. The van der Waals surface area contributed by atoms with Crippen molar-refractivity contribution in [1.29, 1.82) is 0 Å². The molecule has 2 N–H and O–H groups in total. The van der Waals surface area contributed by atoms with E-state index in [1.54, 1.807) is 36.4 Å². The van der Waals surface area contributed by atoms with Gasteiger partial charge in [-0.05, 0) is 88.4 Å². The normalized spacial score (nSPS) is 16.2. The van der Waals surface area contributed by atoms with Crippen LogP contribution in [-0.2, 0) is 10.8 Å². The first-order valence-corrected chi connectivity index (χ1v) is 11.1. The maximum Gasteiger partial charge on any atom is 0.343 e. The number of hydrogen-bond acceptors (Lipinski definition) is 3. The van der Waals surface area contributed by atoms with Crippen LogP contribution in [0.2, 0.25) is 0 Å². The average Bonchev–Trinajstić information content (AvgIpc) is 2.91. The quantitative estimate of drug-likeness (QED) is 0.213. The van der Waals surface area contributed by atoms with E-state index in [1.807, 2.05) is 12.1 Å². The van der Waals surface area contributed by atoms with E-state index in [1.165, 1.54) is 22.3 Å². The van der Waals surface area contributed by atoms with Gasteiger partial charge in [-0.25, -0.2) is 4.79 Å². The fourth-order valence-electron chi connectivity index (χ4n) is 4.94. The molecule has 3 nitrogen and oxygen atoms in total. The number of hydrogen-bond donors (Lipinski definition) is 1. The standard InChI is InChI=1S/C29H31NO2/c1-19-16-25-26(29(4,5)18-28(25,2)3)17-22(19)11-8-20-6-9-21(10-7-20)27(31)32-24-14-12-23(30)13-15-24/h6-17H,18,30H2,1-5H3. The first-order valence-electron chi connectivity index (χ1n) is 11.1. The van der Waals surface area contributed by atoms with Crippen LogP contribution in [0.1, 0.15) is 72.3 Å². The van der Waals surface area contributed by atoms with Crippen molar-refractivity contribution in [1.82, 2.24) is 0 Å². The number of esters is 1. The van der Waals surface area contributed by atoms with Gasteiger partial charge in [-0.2, -0.15) is 0 Å². The number of carbonyl (C=O) groups is 1. The molecule has 3 aromatic rings. The molecule has 0 atom stereocenters. The van der Waals surface area contributed by atoms with Crippen molar-refractivity contribution in [2.24, 2.45) is 0 Å². The molecule has 0 bridgehead atoms. The number of aryl methyl sites for hydroxylation is 1. The molecule has 0 aliphatic heterocycles. The highest BCUT2D eigenvalue weighted by molar-refractivity contribution is 5.91. The van der Waals surface area contributed by atoms with Crippen LogP contribution in [0.25, 0.3) is 12.2 Å². The molecule has 0 fully saturated rings. The van der Waals surface area contributed by atoms with Crippen LogP contribution in [0, 0.1) is 6.92 Å². The zero-order valence-electron chi connectivity index (χ0n) is 19.5. The van der Waals surface area contributed by atoms with E-state index in [0.29, 0.717) is 17.0 Å². The summed E-state index contributed by atoms with van der Waals surface area (Å²) in [5.41, 5.74) is 13.7. The highest BCUT2D eigenvalue weighted by atomic mass is 16.5. The van der Waals surface area contributed by atoms with Gasteiger partial charge >= 0.3 is 5.97 Å². The van der Waals surface area contributed by atoms with Gasteiger partial charge in [0.2, 0.25) is 0 Å². The van der Waals surface area contributed by atoms with Crippen LogP contribution in [0.5, 0.6) is 5.75 Å². The zero-order chi connectivity index (χ0) is 23.1. The molecule has 4 rings (SSSR count). The van der Waals surface area contributed by atoms with E-state index in [-0.39, 0.29) is 16.8 Å². The summed E-state index contributed by atoms with van der Waals surface area (Å²) in [5.74, 6) is 0.0935. The van der Waals surface area contributed by atoms with Gasteiger partial charge in [0.15, 0.2) is 0 Å². The van der Waals surface area contributed by atoms with Gasteiger partial charge in [-0.3, -0.25) is 0 Å². The average molecular weight is 426 g/mol. The van der Waals surface area contributed by atoms with Crippen molar-refractivity contribution < 1.29 is 9.53 Å². The molecular weight excluding hydrogens is 394 g/mol. The van der Waals surface area contributed by atoms with Crippen LogP contribution >= 0.6 is 0 Å². The summed E-state index contributed by atoms with van der Waals surface area (Å²) in [5, 5.41) is 0. The Kier molecular flexibility index (Phi) is 5.46. The molecule has 0 heterocycles. The number of benzene rings is 3. The highest BCUT2D eigenvalue weighted by Crippen LogP contribution is 2.50. The summed E-state index contributed by atoms with van der Waals surface area (Å²) >= 11 is 0. The van der Waals surface area contributed by atoms with Gasteiger partial charge in [0.25, 0.3) is 0 Å². The van der Waals surface area contributed by atoms with Crippen LogP contribution in [-0.4, -0.2) is 5.97 Å². The van der Waals surface area contributed by atoms with Crippen molar-refractivity contribution >= 4 is 23.8 Å². The SMILES string of the molecule is Cc1cc2c(cc1C=Cc1ccc(C(=O)Oc3ccc(N)cc3)cc1)C(C)(C)CC2(C)C. The molecule has 0 radical (unpaired) electrons. The van der Waals surface area contributed by atoms with Gasteiger partial charge < -0.3 is 10.5 Å². The van der Waals surface area contributed by atoms with E-state index in [2.05, 4.69) is 58.9 Å². The van der Waals surface area contributed by atoms with Gasteiger partial charge in [0.05, 0.1) is 5.56 Å². The minimum atomic E-state index is -0.385. The first kappa shape index (κ1) is 21.9. The zero-order valence-corrected chi connectivity index (χ0v) is 19.5. The number of rotatable bonds is 4.